The largest absolute Gasteiger partial charge is 0.291 e. The van der Waals surface area contributed by atoms with Crippen molar-refractivity contribution >= 4 is 5.78 Å². The molecule has 1 aliphatic carbocycles. The lowest BCUT2D eigenvalue weighted by molar-refractivity contribution is 0.0850. The normalized spacial score (nSPS) is 17.9. The highest BCUT2D eigenvalue weighted by atomic mass is 19.1. The van der Waals surface area contributed by atoms with E-state index in [-0.39, 0.29) is 5.78 Å². The van der Waals surface area contributed by atoms with Crippen molar-refractivity contribution in [3.8, 4) is 0 Å². The smallest absolute Gasteiger partial charge is 0.199 e. The highest BCUT2D eigenvalue weighted by molar-refractivity contribution is 6.04. The number of halogens is 1. The van der Waals surface area contributed by atoms with Gasteiger partial charge in [-0.15, -0.1) is 0 Å². The molecule has 0 amide bonds. The molecule has 0 unspecified atom stereocenters. The molecule has 0 saturated heterocycles. The highest BCUT2D eigenvalue weighted by Crippen LogP contribution is 2.42. The first-order valence-corrected chi connectivity index (χ1v) is 5.36. The predicted molar refractivity (Wildman–Crippen MR) is 57.9 cm³/mol. The first-order valence-electron chi connectivity index (χ1n) is 5.36. The molecule has 2 rings (SSSR count). The molecule has 0 spiro atoms. The molecule has 0 heterocycles. The fourth-order valence-corrected chi connectivity index (χ4v) is 1.61. The standard InChI is InChI=1S/C13H15FO/c1-9(2)10-3-5-11(6-4-10)12(15)13(14)7-8-13/h3-6,9H,7-8H2,1-2H3. The Bertz CT molecular complexity index is 374. The average Bonchev–Trinajstić information content (AvgIpc) is 2.97. The quantitative estimate of drug-likeness (QED) is 0.692. The van der Waals surface area contributed by atoms with Crippen molar-refractivity contribution in [1.82, 2.24) is 0 Å². The van der Waals surface area contributed by atoms with Gasteiger partial charge in [0.2, 0.25) is 0 Å². The SMILES string of the molecule is CC(C)c1ccc(C(=O)C2(F)CC2)cc1. The number of rotatable bonds is 3. The van der Waals surface area contributed by atoms with E-state index >= 15 is 0 Å². The maximum Gasteiger partial charge on any atom is 0.199 e. The first kappa shape index (κ1) is 10.3. The van der Waals surface area contributed by atoms with Gasteiger partial charge in [0.05, 0.1) is 0 Å². The van der Waals surface area contributed by atoms with Gasteiger partial charge >= 0.3 is 0 Å². The Kier molecular flexibility index (Phi) is 2.37. The van der Waals surface area contributed by atoms with Gasteiger partial charge in [0, 0.05) is 5.56 Å². The van der Waals surface area contributed by atoms with Gasteiger partial charge in [0.1, 0.15) is 0 Å². The molecule has 0 radical (unpaired) electrons. The second-order valence-electron chi connectivity index (χ2n) is 4.57. The number of Topliss-reactive ketones (excluding diaryl/α,β-unsaturated/α-hetero) is 1. The van der Waals surface area contributed by atoms with E-state index < -0.39 is 5.67 Å². The van der Waals surface area contributed by atoms with Crippen LogP contribution in [0.1, 0.15) is 48.5 Å². The summed E-state index contributed by atoms with van der Waals surface area (Å²) in [4.78, 5) is 11.6. The summed E-state index contributed by atoms with van der Waals surface area (Å²) >= 11 is 0. The van der Waals surface area contributed by atoms with E-state index in [9.17, 15) is 9.18 Å². The monoisotopic (exact) mass is 206 g/mol. The number of hydrogen-bond acceptors (Lipinski definition) is 1. The highest BCUT2D eigenvalue weighted by Gasteiger charge is 2.50. The van der Waals surface area contributed by atoms with Crippen LogP contribution in [0.15, 0.2) is 24.3 Å². The molecule has 0 bridgehead atoms. The number of hydrogen-bond donors (Lipinski definition) is 0. The molecule has 0 aromatic heterocycles. The zero-order chi connectivity index (χ0) is 11.1. The summed E-state index contributed by atoms with van der Waals surface area (Å²) in [6.07, 6.45) is 0.773. The van der Waals surface area contributed by atoms with Crippen molar-refractivity contribution in [1.29, 1.82) is 0 Å². The van der Waals surface area contributed by atoms with Crippen molar-refractivity contribution in [2.45, 2.75) is 38.3 Å². The lowest BCUT2D eigenvalue weighted by Crippen LogP contribution is -2.16. The maximum atomic E-state index is 13.5. The van der Waals surface area contributed by atoms with Crippen molar-refractivity contribution in [3.63, 3.8) is 0 Å². The Morgan fingerprint density at radius 1 is 1.27 bits per heavy atom. The van der Waals surface area contributed by atoms with Gasteiger partial charge in [-0.2, -0.15) is 0 Å². The van der Waals surface area contributed by atoms with Crippen LogP contribution in [-0.4, -0.2) is 11.5 Å². The van der Waals surface area contributed by atoms with Gasteiger partial charge in [0.15, 0.2) is 11.5 Å². The fraction of sp³-hybridized carbons (Fsp3) is 0.462. The van der Waals surface area contributed by atoms with Crippen LogP contribution in [0.25, 0.3) is 0 Å². The molecule has 15 heavy (non-hydrogen) atoms. The minimum atomic E-state index is -1.54. The zero-order valence-electron chi connectivity index (χ0n) is 9.09. The summed E-state index contributed by atoms with van der Waals surface area (Å²) in [5, 5.41) is 0. The molecule has 1 aromatic rings. The van der Waals surface area contributed by atoms with Crippen LogP contribution in [0, 0.1) is 0 Å². The Hall–Kier alpha value is -1.18. The summed E-state index contributed by atoms with van der Waals surface area (Å²) in [7, 11) is 0. The minimum Gasteiger partial charge on any atom is -0.291 e. The molecule has 1 saturated carbocycles. The maximum absolute atomic E-state index is 13.5. The number of carbonyl (C=O) groups is 1. The third kappa shape index (κ3) is 1.94. The van der Waals surface area contributed by atoms with Crippen molar-refractivity contribution in [3.05, 3.63) is 35.4 Å². The van der Waals surface area contributed by atoms with Gasteiger partial charge in [-0.05, 0) is 24.3 Å². The topological polar surface area (TPSA) is 17.1 Å². The minimum absolute atomic E-state index is 0.349. The van der Waals surface area contributed by atoms with Gasteiger partial charge in [-0.1, -0.05) is 38.1 Å². The van der Waals surface area contributed by atoms with E-state index in [1.807, 2.05) is 12.1 Å². The Balaban J connectivity index is 2.20. The molecular formula is C13H15FO. The lowest BCUT2D eigenvalue weighted by atomic mass is 9.99. The zero-order valence-corrected chi connectivity index (χ0v) is 9.09. The van der Waals surface area contributed by atoms with Crippen LogP contribution in [0.2, 0.25) is 0 Å². The van der Waals surface area contributed by atoms with Crippen LogP contribution in [-0.2, 0) is 0 Å². The second-order valence-corrected chi connectivity index (χ2v) is 4.57. The van der Waals surface area contributed by atoms with E-state index in [1.165, 1.54) is 5.56 Å². The van der Waals surface area contributed by atoms with Crippen LogP contribution in [0.4, 0.5) is 4.39 Å². The predicted octanol–water partition coefficient (Wildman–Crippen LogP) is 3.49. The summed E-state index contributed by atoms with van der Waals surface area (Å²) in [6, 6.07) is 7.28. The summed E-state index contributed by atoms with van der Waals surface area (Å²) in [5.41, 5.74) is 0.133. The molecule has 0 aliphatic heterocycles. The molecule has 0 atom stereocenters. The molecule has 1 nitrogen and oxygen atoms in total. The number of benzene rings is 1. The number of alkyl halides is 1. The molecule has 1 aliphatic rings. The molecule has 1 fully saturated rings. The van der Waals surface area contributed by atoms with Crippen molar-refractivity contribution in [2.75, 3.05) is 0 Å². The van der Waals surface area contributed by atoms with Gasteiger partial charge in [-0.3, -0.25) is 4.79 Å². The molecular weight excluding hydrogens is 191 g/mol. The summed E-state index contributed by atoms with van der Waals surface area (Å²) in [5.74, 6) is 0.0900. The number of carbonyl (C=O) groups excluding carboxylic acids is 1. The van der Waals surface area contributed by atoms with Crippen LogP contribution in [0.3, 0.4) is 0 Å². The Morgan fingerprint density at radius 3 is 2.20 bits per heavy atom. The van der Waals surface area contributed by atoms with E-state index in [1.54, 1.807) is 12.1 Å². The van der Waals surface area contributed by atoms with Crippen LogP contribution in [0.5, 0.6) is 0 Å². The third-order valence-electron chi connectivity index (χ3n) is 2.94. The van der Waals surface area contributed by atoms with E-state index in [0.717, 1.165) is 0 Å². The number of ketones is 1. The van der Waals surface area contributed by atoms with E-state index in [2.05, 4.69) is 13.8 Å². The molecule has 80 valence electrons. The van der Waals surface area contributed by atoms with Crippen LogP contribution < -0.4 is 0 Å². The van der Waals surface area contributed by atoms with Crippen molar-refractivity contribution in [2.24, 2.45) is 0 Å². The fourth-order valence-electron chi connectivity index (χ4n) is 1.61. The summed E-state index contributed by atoms with van der Waals surface area (Å²) in [6.45, 7) is 4.18. The first-order chi connectivity index (χ1) is 7.03. The average molecular weight is 206 g/mol. The van der Waals surface area contributed by atoms with Gasteiger partial charge in [0.25, 0.3) is 0 Å². The lowest BCUT2D eigenvalue weighted by Gasteiger charge is -2.07. The third-order valence-corrected chi connectivity index (χ3v) is 2.94. The molecule has 1 aromatic carbocycles. The van der Waals surface area contributed by atoms with E-state index in [4.69, 9.17) is 0 Å². The van der Waals surface area contributed by atoms with Gasteiger partial charge in [-0.25, -0.2) is 4.39 Å². The van der Waals surface area contributed by atoms with Gasteiger partial charge < -0.3 is 0 Å². The Labute approximate surface area is 89.3 Å². The van der Waals surface area contributed by atoms with E-state index in [0.29, 0.717) is 24.3 Å². The molecule has 0 N–H and O–H groups in total. The van der Waals surface area contributed by atoms with Crippen LogP contribution >= 0.6 is 0 Å². The Morgan fingerprint density at radius 2 is 1.80 bits per heavy atom. The summed E-state index contributed by atoms with van der Waals surface area (Å²) < 4.78 is 13.5. The molecule has 2 heteroatoms. The second kappa shape index (κ2) is 3.44. The van der Waals surface area contributed by atoms with Crippen molar-refractivity contribution < 1.29 is 9.18 Å².